The van der Waals surface area contributed by atoms with Gasteiger partial charge in [0.05, 0.1) is 29.4 Å². The Kier molecular flexibility index (Phi) is 8.00. The molecule has 1 aliphatic heterocycles. The molecule has 0 aliphatic carbocycles. The Morgan fingerprint density at radius 2 is 2.09 bits per heavy atom. The molecule has 1 fully saturated rings. The van der Waals surface area contributed by atoms with Gasteiger partial charge < -0.3 is 20.7 Å². The molecule has 186 valence electrons. The number of hydrogen-bond donors (Lipinski definition) is 2. The van der Waals surface area contributed by atoms with Crippen LogP contribution in [0, 0.1) is 5.82 Å². The van der Waals surface area contributed by atoms with Crippen LogP contribution in [0.15, 0.2) is 36.7 Å². The maximum Gasteiger partial charge on any atom is 0.234 e. The van der Waals surface area contributed by atoms with Crippen LogP contribution in [0.25, 0.3) is 10.9 Å². The number of benzene rings is 2. The van der Waals surface area contributed by atoms with Crippen LogP contribution in [0.5, 0.6) is 5.75 Å². The number of primary amides is 1. The summed E-state index contributed by atoms with van der Waals surface area (Å²) in [5.74, 6) is 0.136. The number of halogens is 2. The lowest BCUT2D eigenvalue weighted by Gasteiger charge is -2.29. The summed E-state index contributed by atoms with van der Waals surface area (Å²) < 4.78 is 20.2. The van der Waals surface area contributed by atoms with Crippen molar-refractivity contribution in [1.82, 2.24) is 19.8 Å². The molecule has 35 heavy (non-hydrogen) atoms. The molecule has 10 heteroatoms. The lowest BCUT2D eigenvalue weighted by molar-refractivity contribution is -0.123. The Labute approximate surface area is 209 Å². The third-order valence-corrected chi connectivity index (χ3v) is 6.77. The van der Waals surface area contributed by atoms with Gasteiger partial charge >= 0.3 is 0 Å². The topological polar surface area (TPSA) is 96.6 Å². The van der Waals surface area contributed by atoms with Crippen LogP contribution in [0.1, 0.15) is 25.3 Å². The zero-order valence-corrected chi connectivity index (χ0v) is 20.7. The predicted molar refractivity (Wildman–Crippen MR) is 136 cm³/mol. The second-order valence-electron chi connectivity index (χ2n) is 8.73. The molecule has 8 nitrogen and oxygen atoms in total. The number of amides is 1. The van der Waals surface area contributed by atoms with E-state index < -0.39 is 11.9 Å². The Morgan fingerprint density at radius 3 is 2.80 bits per heavy atom. The maximum atomic E-state index is 14.5. The first-order valence-corrected chi connectivity index (χ1v) is 12.0. The van der Waals surface area contributed by atoms with E-state index in [1.807, 2.05) is 19.1 Å². The lowest BCUT2D eigenvalue weighted by atomic mass is 10.1. The Morgan fingerprint density at radius 1 is 1.31 bits per heavy atom. The first-order chi connectivity index (χ1) is 16.9. The van der Waals surface area contributed by atoms with Crippen molar-refractivity contribution in [2.75, 3.05) is 38.6 Å². The minimum atomic E-state index is -0.557. The van der Waals surface area contributed by atoms with Crippen LogP contribution < -0.4 is 15.8 Å². The average molecular weight is 501 g/mol. The van der Waals surface area contributed by atoms with E-state index in [0.29, 0.717) is 35.6 Å². The molecular weight excluding hydrogens is 471 g/mol. The number of aromatic nitrogens is 2. The number of rotatable bonds is 10. The number of methoxy groups -OCH3 is 1. The van der Waals surface area contributed by atoms with Gasteiger partial charge in [-0.2, -0.15) is 0 Å². The molecular formula is C25H30ClFN6O2. The van der Waals surface area contributed by atoms with Gasteiger partial charge in [-0.1, -0.05) is 17.7 Å². The highest BCUT2D eigenvalue weighted by atomic mass is 35.5. The standard InChI is InChI=1S/C25H30ClFN6O2/c1-16(24(28)34)33(11-10-32-8-3-4-9-32)14-17-12-18-21(13-22(17)35-2)29-15-30-25(18)31-20-7-5-6-19(26)23(20)27/h5-7,12-13,15-16H,3-4,8-11,14H2,1-2H3,(H2,28,34)(H,29,30,31)/t16-/m1/s1. The van der Waals surface area contributed by atoms with Gasteiger partial charge in [0.15, 0.2) is 5.82 Å². The molecule has 1 amide bonds. The molecule has 2 aromatic carbocycles. The number of nitrogens with two attached hydrogens (primary N) is 1. The largest absolute Gasteiger partial charge is 0.496 e. The predicted octanol–water partition coefficient (Wildman–Crippen LogP) is 3.95. The summed E-state index contributed by atoms with van der Waals surface area (Å²) in [6.07, 6.45) is 3.81. The zero-order chi connectivity index (χ0) is 24.9. The minimum absolute atomic E-state index is 0.0183. The molecule has 0 saturated carbocycles. The first-order valence-electron chi connectivity index (χ1n) is 11.7. The molecule has 1 atom stereocenters. The number of nitrogens with zero attached hydrogens (tertiary/aromatic N) is 4. The molecule has 4 rings (SSSR count). The van der Waals surface area contributed by atoms with Crippen molar-refractivity contribution in [1.29, 1.82) is 0 Å². The smallest absolute Gasteiger partial charge is 0.234 e. The van der Waals surface area contributed by atoms with E-state index in [9.17, 15) is 9.18 Å². The van der Waals surface area contributed by atoms with E-state index in [1.54, 1.807) is 19.2 Å². The summed E-state index contributed by atoms with van der Waals surface area (Å²) in [5, 5.41) is 3.74. The summed E-state index contributed by atoms with van der Waals surface area (Å²) in [6, 6.07) is 8.01. The molecule has 1 saturated heterocycles. The first kappa shape index (κ1) is 25.1. The number of carbonyl (C=O) groups excluding carboxylic acids is 1. The van der Waals surface area contributed by atoms with Gasteiger partial charge in [-0.05, 0) is 51.1 Å². The van der Waals surface area contributed by atoms with E-state index in [0.717, 1.165) is 25.2 Å². The highest BCUT2D eigenvalue weighted by Gasteiger charge is 2.23. The van der Waals surface area contributed by atoms with Crippen LogP contribution in [-0.2, 0) is 11.3 Å². The highest BCUT2D eigenvalue weighted by molar-refractivity contribution is 6.31. The molecule has 1 aliphatic rings. The average Bonchev–Trinajstić information content (AvgIpc) is 3.37. The van der Waals surface area contributed by atoms with Crippen LogP contribution >= 0.6 is 11.6 Å². The van der Waals surface area contributed by atoms with Gasteiger partial charge in [0, 0.05) is 36.7 Å². The van der Waals surface area contributed by atoms with Crippen molar-refractivity contribution in [2.24, 2.45) is 5.73 Å². The molecule has 0 unspecified atom stereocenters. The van der Waals surface area contributed by atoms with E-state index >= 15 is 0 Å². The quantitative estimate of drug-likeness (QED) is 0.435. The van der Waals surface area contributed by atoms with Crippen LogP contribution in [0.2, 0.25) is 5.02 Å². The normalized spacial score (nSPS) is 15.0. The van der Waals surface area contributed by atoms with Gasteiger partial charge in [-0.3, -0.25) is 9.69 Å². The van der Waals surface area contributed by atoms with Crippen molar-refractivity contribution in [3.8, 4) is 5.75 Å². The molecule has 0 bridgehead atoms. The Bertz CT molecular complexity index is 1200. The number of anilines is 2. The van der Waals surface area contributed by atoms with Crippen molar-refractivity contribution >= 4 is 39.9 Å². The summed E-state index contributed by atoms with van der Waals surface area (Å²) in [5.41, 5.74) is 7.36. The number of carbonyl (C=O) groups is 1. The van der Waals surface area contributed by atoms with Crippen molar-refractivity contribution in [3.63, 3.8) is 0 Å². The number of hydrogen-bond acceptors (Lipinski definition) is 7. The van der Waals surface area contributed by atoms with Crippen LogP contribution in [-0.4, -0.2) is 65.0 Å². The third-order valence-electron chi connectivity index (χ3n) is 6.48. The van der Waals surface area contributed by atoms with E-state index in [-0.39, 0.29) is 16.6 Å². The van der Waals surface area contributed by atoms with Gasteiger partial charge in [0.25, 0.3) is 0 Å². The Balaban J connectivity index is 1.67. The second kappa shape index (κ2) is 11.2. The fourth-order valence-corrected chi connectivity index (χ4v) is 4.53. The summed E-state index contributed by atoms with van der Waals surface area (Å²) in [7, 11) is 1.60. The van der Waals surface area contributed by atoms with E-state index in [1.165, 1.54) is 25.2 Å². The summed E-state index contributed by atoms with van der Waals surface area (Å²) >= 11 is 5.94. The number of ether oxygens (including phenoxy) is 1. The third kappa shape index (κ3) is 5.80. The second-order valence-corrected chi connectivity index (χ2v) is 9.13. The molecule has 3 N–H and O–H groups in total. The Hall–Kier alpha value is -3.01. The fraction of sp³-hybridized carbons (Fsp3) is 0.400. The summed E-state index contributed by atoms with van der Waals surface area (Å²) in [6.45, 7) is 5.96. The zero-order valence-electron chi connectivity index (χ0n) is 19.9. The number of nitrogens with one attached hydrogen (secondary N) is 1. The van der Waals surface area contributed by atoms with E-state index in [2.05, 4.69) is 25.1 Å². The van der Waals surface area contributed by atoms with Gasteiger partial charge in [-0.15, -0.1) is 0 Å². The molecule has 0 spiro atoms. The number of fused-ring (bicyclic) bond motifs is 1. The summed E-state index contributed by atoms with van der Waals surface area (Å²) in [4.78, 5) is 25.2. The van der Waals surface area contributed by atoms with Crippen molar-refractivity contribution in [3.05, 3.63) is 53.1 Å². The van der Waals surface area contributed by atoms with Gasteiger partial charge in [0.1, 0.15) is 17.9 Å². The van der Waals surface area contributed by atoms with Gasteiger partial charge in [0.2, 0.25) is 5.91 Å². The van der Waals surface area contributed by atoms with E-state index in [4.69, 9.17) is 22.1 Å². The molecule has 3 aromatic rings. The lowest BCUT2D eigenvalue weighted by Crippen LogP contribution is -2.45. The number of likely N-dealkylation sites (tertiary alicyclic amines) is 1. The van der Waals surface area contributed by atoms with Crippen LogP contribution in [0.3, 0.4) is 0 Å². The van der Waals surface area contributed by atoms with Crippen molar-refractivity contribution in [2.45, 2.75) is 32.4 Å². The minimum Gasteiger partial charge on any atom is -0.496 e. The molecule has 0 radical (unpaired) electrons. The SMILES string of the molecule is COc1cc2ncnc(Nc3cccc(Cl)c3F)c2cc1CN(CCN1CCCC1)[C@H](C)C(N)=O. The molecule has 2 heterocycles. The van der Waals surface area contributed by atoms with Crippen LogP contribution in [0.4, 0.5) is 15.9 Å². The molecule has 1 aromatic heterocycles. The van der Waals surface area contributed by atoms with Gasteiger partial charge in [-0.25, -0.2) is 14.4 Å². The van der Waals surface area contributed by atoms with Crippen molar-refractivity contribution < 1.29 is 13.9 Å². The fourth-order valence-electron chi connectivity index (χ4n) is 4.35. The highest BCUT2D eigenvalue weighted by Crippen LogP contribution is 2.32. The maximum absolute atomic E-state index is 14.5. The monoisotopic (exact) mass is 500 g/mol.